The number of rotatable bonds is 4. The van der Waals surface area contributed by atoms with Crippen LogP contribution in [-0.2, 0) is 16.0 Å². The number of carbonyl (C=O) groups excluding carboxylic acids is 3. The number of esters is 1. The molecular weight excluding hydrogens is 410 g/mol. The second kappa shape index (κ2) is 8.50. The average Bonchev–Trinajstić information content (AvgIpc) is 3.15. The third-order valence-electron chi connectivity index (χ3n) is 5.28. The van der Waals surface area contributed by atoms with Crippen molar-refractivity contribution < 1.29 is 24.2 Å². The van der Waals surface area contributed by atoms with Crippen molar-refractivity contribution in [1.82, 2.24) is 10.3 Å². The largest absolute Gasteiger partial charge is 0.508 e. The lowest BCUT2D eigenvalue weighted by Crippen LogP contribution is -2.42. The first-order chi connectivity index (χ1) is 15.3. The third kappa shape index (κ3) is 4.15. The number of amides is 3. The molecular formula is C24H21N3O5. The van der Waals surface area contributed by atoms with Gasteiger partial charge in [0.05, 0.1) is 16.8 Å². The second-order valence-corrected chi connectivity index (χ2v) is 7.49. The van der Waals surface area contributed by atoms with Crippen molar-refractivity contribution in [1.29, 1.82) is 0 Å². The van der Waals surface area contributed by atoms with Crippen molar-refractivity contribution >= 4 is 40.5 Å². The lowest BCUT2D eigenvalue weighted by Gasteiger charge is -2.15. The van der Waals surface area contributed by atoms with Crippen molar-refractivity contribution in [2.75, 3.05) is 0 Å². The summed E-state index contributed by atoms with van der Waals surface area (Å²) < 4.78 is 5.37. The lowest BCUT2D eigenvalue weighted by atomic mass is 10.0. The van der Waals surface area contributed by atoms with Crippen LogP contribution in [0, 0.1) is 0 Å². The number of allylic oxidation sites excluding steroid dienone is 1. The van der Waals surface area contributed by atoms with Gasteiger partial charge in [-0.1, -0.05) is 30.3 Å². The van der Waals surface area contributed by atoms with Crippen molar-refractivity contribution in [3.63, 3.8) is 0 Å². The molecule has 3 amide bonds. The van der Waals surface area contributed by atoms with Gasteiger partial charge in [-0.3, -0.25) is 10.1 Å². The fourth-order valence-electron chi connectivity index (χ4n) is 3.78. The Morgan fingerprint density at radius 2 is 1.84 bits per heavy atom. The first-order valence-electron chi connectivity index (χ1n) is 10.1. The van der Waals surface area contributed by atoms with Crippen LogP contribution in [0.3, 0.4) is 0 Å². The van der Waals surface area contributed by atoms with Crippen LogP contribution < -0.4 is 11.1 Å². The number of phenolic OH excluding ortho intramolecular Hbond substituents is 1. The molecule has 0 spiro atoms. The standard InChI is InChI=1S/C24H21N3O5/c1-13(22(29)27-24(25)31)32-23(30)20-17-4-2-3-5-19(17)26-21-15(8-11-18(20)21)12-14-6-9-16(28)10-7-14/h2-7,9-10,12-13,28H,8,11H2,1H3,(H3,25,27,29,31)/b15-12+. The second-order valence-electron chi connectivity index (χ2n) is 7.49. The minimum Gasteiger partial charge on any atom is -0.508 e. The number of para-hydroxylation sites is 1. The summed E-state index contributed by atoms with van der Waals surface area (Å²) in [6, 6.07) is 13.0. The summed E-state index contributed by atoms with van der Waals surface area (Å²) in [5.74, 6) is -1.28. The number of hydrogen-bond acceptors (Lipinski definition) is 6. The maximum atomic E-state index is 13.1. The normalized spacial score (nSPS) is 14.7. The van der Waals surface area contributed by atoms with Gasteiger partial charge in [0, 0.05) is 5.39 Å². The van der Waals surface area contributed by atoms with Crippen LogP contribution in [0.4, 0.5) is 4.79 Å². The molecule has 1 aliphatic rings. The molecule has 0 saturated carbocycles. The Bertz CT molecular complexity index is 1260. The van der Waals surface area contributed by atoms with Crippen LogP contribution >= 0.6 is 0 Å². The smallest absolute Gasteiger partial charge is 0.339 e. The number of hydrogen-bond donors (Lipinski definition) is 3. The van der Waals surface area contributed by atoms with Gasteiger partial charge >= 0.3 is 12.0 Å². The predicted octanol–water partition coefficient (Wildman–Crippen LogP) is 3.17. The molecule has 8 nitrogen and oxygen atoms in total. The molecule has 1 unspecified atom stereocenters. The fraction of sp³-hybridized carbons (Fsp3) is 0.167. The van der Waals surface area contributed by atoms with Gasteiger partial charge in [-0.15, -0.1) is 0 Å². The number of fused-ring (bicyclic) bond motifs is 2. The van der Waals surface area contributed by atoms with E-state index in [0.29, 0.717) is 35.0 Å². The highest BCUT2D eigenvalue weighted by molar-refractivity contribution is 6.08. The minimum absolute atomic E-state index is 0.183. The molecule has 1 heterocycles. The minimum atomic E-state index is -1.20. The highest BCUT2D eigenvalue weighted by atomic mass is 16.5. The Labute approximate surface area is 183 Å². The summed E-state index contributed by atoms with van der Waals surface area (Å²) >= 11 is 0. The Morgan fingerprint density at radius 3 is 2.56 bits per heavy atom. The van der Waals surface area contributed by atoms with E-state index >= 15 is 0 Å². The van der Waals surface area contributed by atoms with Crippen molar-refractivity contribution in [3.8, 4) is 5.75 Å². The lowest BCUT2D eigenvalue weighted by molar-refractivity contribution is -0.127. The number of primary amides is 1. The first-order valence-corrected chi connectivity index (χ1v) is 10.1. The average molecular weight is 431 g/mol. The van der Waals surface area contributed by atoms with Crippen molar-refractivity contribution in [2.45, 2.75) is 25.9 Å². The monoisotopic (exact) mass is 431 g/mol. The topological polar surface area (TPSA) is 132 Å². The van der Waals surface area contributed by atoms with E-state index in [1.807, 2.05) is 23.5 Å². The number of urea groups is 1. The Balaban J connectivity index is 1.75. The van der Waals surface area contributed by atoms with Crippen LogP contribution in [0.1, 0.15) is 40.5 Å². The molecule has 162 valence electrons. The molecule has 4 N–H and O–H groups in total. The maximum absolute atomic E-state index is 13.1. The third-order valence-corrected chi connectivity index (χ3v) is 5.28. The number of imide groups is 1. The van der Waals surface area contributed by atoms with E-state index in [4.69, 9.17) is 15.5 Å². The van der Waals surface area contributed by atoms with Crippen LogP contribution in [0.2, 0.25) is 0 Å². The summed E-state index contributed by atoms with van der Waals surface area (Å²) in [5, 5.41) is 12.1. The van der Waals surface area contributed by atoms with Gasteiger partial charge in [0.15, 0.2) is 6.10 Å². The SMILES string of the molecule is CC(OC(=O)c1c2c(nc3ccccc13)/C(=C/c1ccc(O)cc1)CC2)C(=O)NC(N)=O. The number of nitrogens with one attached hydrogen (secondary N) is 1. The predicted molar refractivity (Wildman–Crippen MR) is 119 cm³/mol. The molecule has 1 aliphatic carbocycles. The molecule has 1 atom stereocenters. The van der Waals surface area contributed by atoms with Crippen LogP contribution in [0.5, 0.6) is 5.75 Å². The van der Waals surface area contributed by atoms with Crippen LogP contribution in [0.15, 0.2) is 48.5 Å². The van der Waals surface area contributed by atoms with Gasteiger partial charge < -0.3 is 15.6 Å². The molecule has 4 rings (SSSR count). The van der Waals surface area contributed by atoms with Crippen molar-refractivity contribution in [3.05, 3.63) is 70.9 Å². The number of benzene rings is 2. The number of pyridine rings is 1. The summed E-state index contributed by atoms with van der Waals surface area (Å²) in [6.07, 6.45) is 2.04. The molecule has 0 radical (unpaired) electrons. The van der Waals surface area contributed by atoms with Crippen LogP contribution in [0.25, 0.3) is 22.6 Å². The molecule has 3 aromatic rings. The Hall–Kier alpha value is -4.20. The number of ether oxygens (including phenoxy) is 1. The first kappa shape index (κ1) is 21.0. The highest BCUT2D eigenvalue weighted by Gasteiger charge is 2.29. The summed E-state index contributed by atoms with van der Waals surface area (Å²) in [5.41, 5.74) is 9.28. The van der Waals surface area contributed by atoms with E-state index in [9.17, 15) is 19.5 Å². The van der Waals surface area contributed by atoms with Gasteiger partial charge in [-0.05, 0) is 60.7 Å². The van der Waals surface area contributed by atoms with Crippen molar-refractivity contribution in [2.24, 2.45) is 5.73 Å². The van der Waals surface area contributed by atoms with E-state index < -0.39 is 24.0 Å². The summed E-state index contributed by atoms with van der Waals surface area (Å²) in [6.45, 7) is 1.37. The molecule has 32 heavy (non-hydrogen) atoms. The van der Waals surface area contributed by atoms with Gasteiger partial charge in [0.1, 0.15) is 5.75 Å². The van der Waals surface area contributed by atoms with E-state index in [0.717, 1.165) is 16.7 Å². The van der Waals surface area contributed by atoms with E-state index in [2.05, 4.69) is 0 Å². The number of aromatic nitrogens is 1. The molecule has 8 heteroatoms. The number of nitrogens with two attached hydrogens (primary N) is 1. The molecule has 2 aromatic carbocycles. The molecule has 0 aliphatic heterocycles. The number of aromatic hydroxyl groups is 1. The maximum Gasteiger partial charge on any atom is 0.339 e. The summed E-state index contributed by atoms with van der Waals surface area (Å²) in [7, 11) is 0. The van der Waals surface area contributed by atoms with E-state index in [1.54, 1.807) is 36.4 Å². The molecule has 0 bridgehead atoms. The van der Waals surface area contributed by atoms with Gasteiger partial charge in [-0.2, -0.15) is 0 Å². The zero-order valence-electron chi connectivity index (χ0n) is 17.3. The highest BCUT2D eigenvalue weighted by Crippen LogP contribution is 2.38. The zero-order valence-corrected chi connectivity index (χ0v) is 17.3. The number of phenols is 1. The van der Waals surface area contributed by atoms with Gasteiger partial charge in [0.2, 0.25) is 0 Å². The molecule has 0 saturated heterocycles. The van der Waals surface area contributed by atoms with Gasteiger partial charge in [-0.25, -0.2) is 14.6 Å². The Morgan fingerprint density at radius 1 is 1.12 bits per heavy atom. The van der Waals surface area contributed by atoms with E-state index in [-0.39, 0.29) is 5.75 Å². The van der Waals surface area contributed by atoms with E-state index in [1.165, 1.54) is 6.92 Å². The molecule has 0 fully saturated rings. The number of carbonyl (C=O) groups is 3. The summed E-state index contributed by atoms with van der Waals surface area (Å²) in [4.78, 5) is 40.8. The Kier molecular flexibility index (Phi) is 5.59. The van der Waals surface area contributed by atoms with Crippen LogP contribution in [-0.4, -0.2) is 34.1 Å². The fourth-order valence-corrected chi connectivity index (χ4v) is 3.78. The number of nitrogens with zero attached hydrogens (tertiary/aromatic N) is 1. The quantitative estimate of drug-likeness (QED) is 0.544. The van der Waals surface area contributed by atoms with Gasteiger partial charge in [0.25, 0.3) is 5.91 Å². The molecule has 1 aromatic heterocycles. The zero-order chi connectivity index (χ0) is 22.8.